The van der Waals surface area contributed by atoms with E-state index in [0.717, 1.165) is 0 Å². The van der Waals surface area contributed by atoms with Crippen LogP contribution in [0.2, 0.25) is 30.3 Å². The van der Waals surface area contributed by atoms with Gasteiger partial charge in [0.25, 0.3) is 5.91 Å². The molecule has 31 heavy (non-hydrogen) atoms. The van der Waals surface area contributed by atoms with Crippen molar-refractivity contribution in [3.05, 3.63) is 78.3 Å². The fourth-order valence-corrected chi connectivity index (χ4v) is 3.65. The molecule has 0 spiro atoms. The molecule has 12 heteroatoms. The minimum absolute atomic E-state index is 0.00365. The van der Waals surface area contributed by atoms with Crippen molar-refractivity contribution in [3.63, 3.8) is 0 Å². The summed E-state index contributed by atoms with van der Waals surface area (Å²) in [5.41, 5.74) is 0.283. The van der Waals surface area contributed by atoms with E-state index in [-0.39, 0.29) is 47.5 Å². The summed E-state index contributed by atoms with van der Waals surface area (Å²) >= 11 is 35.8. The standard InChI is InChI=1S/C19H9Cl6N3O3/c20-10-5-2-6-11(21)12(10)17(29)28-19(30)26-8-3-1-4-9(7-8)31-18-15(24)13(22)14(23)16(25)27-18/h1-7H,(H2,26,28,29,30). The summed E-state index contributed by atoms with van der Waals surface area (Å²) in [6, 6.07) is 9.92. The van der Waals surface area contributed by atoms with Gasteiger partial charge in [-0.3, -0.25) is 10.1 Å². The molecule has 3 aromatic rings. The molecule has 0 bridgehead atoms. The Balaban J connectivity index is 1.72. The number of hydrogen-bond donors (Lipinski definition) is 2. The largest absolute Gasteiger partial charge is 0.437 e. The van der Waals surface area contributed by atoms with E-state index in [9.17, 15) is 9.59 Å². The Kier molecular flexibility index (Phi) is 7.75. The maximum Gasteiger partial charge on any atom is 0.326 e. The number of nitrogens with one attached hydrogen (secondary N) is 2. The zero-order valence-corrected chi connectivity index (χ0v) is 19.5. The van der Waals surface area contributed by atoms with E-state index >= 15 is 0 Å². The highest BCUT2D eigenvalue weighted by Crippen LogP contribution is 2.41. The Morgan fingerprint density at radius 3 is 2.16 bits per heavy atom. The molecule has 160 valence electrons. The summed E-state index contributed by atoms with van der Waals surface area (Å²) < 4.78 is 5.59. The summed E-state index contributed by atoms with van der Waals surface area (Å²) in [4.78, 5) is 28.4. The third-order valence-electron chi connectivity index (χ3n) is 3.68. The molecule has 2 N–H and O–H groups in total. The van der Waals surface area contributed by atoms with Gasteiger partial charge in [-0.1, -0.05) is 81.7 Å². The number of aromatic nitrogens is 1. The van der Waals surface area contributed by atoms with Crippen LogP contribution in [0.25, 0.3) is 0 Å². The lowest BCUT2D eigenvalue weighted by Crippen LogP contribution is -2.34. The van der Waals surface area contributed by atoms with Crippen molar-refractivity contribution in [2.24, 2.45) is 0 Å². The maximum atomic E-state index is 12.3. The molecule has 0 atom stereocenters. The number of urea groups is 1. The lowest BCUT2D eigenvalue weighted by Gasteiger charge is -2.12. The number of imide groups is 1. The number of carbonyl (C=O) groups is 2. The summed E-state index contributed by atoms with van der Waals surface area (Å²) in [7, 11) is 0. The van der Waals surface area contributed by atoms with Crippen molar-refractivity contribution >= 4 is 87.2 Å². The van der Waals surface area contributed by atoms with Crippen LogP contribution in [0.3, 0.4) is 0 Å². The second kappa shape index (κ2) is 10.1. The van der Waals surface area contributed by atoms with Gasteiger partial charge in [-0.05, 0) is 24.3 Å². The first kappa shape index (κ1) is 23.7. The predicted octanol–water partition coefficient (Wildman–Crippen LogP) is 7.76. The van der Waals surface area contributed by atoms with E-state index in [1.807, 2.05) is 0 Å². The Morgan fingerprint density at radius 2 is 1.48 bits per heavy atom. The van der Waals surface area contributed by atoms with Gasteiger partial charge in [0.1, 0.15) is 10.8 Å². The van der Waals surface area contributed by atoms with Gasteiger partial charge in [0, 0.05) is 11.8 Å². The van der Waals surface area contributed by atoms with Crippen LogP contribution in [0.1, 0.15) is 10.4 Å². The van der Waals surface area contributed by atoms with E-state index in [1.54, 1.807) is 24.3 Å². The molecule has 0 radical (unpaired) electrons. The fraction of sp³-hybridized carbons (Fsp3) is 0. The highest BCUT2D eigenvalue weighted by molar-refractivity contribution is 6.51. The summed E-state index contributed by atoms with van der Waals surface area (Å²) in [6.45, 7) is 0. The molecule has 0 saturated carbocycles. The number of pyridine rings is 1. The quantitative estimate of drug-likeness (QED) is 0.332. The lowest BCUT2D eigenvalue weighted by atomic mass is 10.2. The molecule has 0 aliphatic carbocycles. The summed E-state index contributed by atoms with van der Waals surface area (Å²) in [5, 5.41) is 4.72. The molecule has 3 amide bonds. The van der Waals surface area contributed by atoms with Crippen molar-refractivity contribution in [2.75, 3.05) is 5.32 Å². The third-order valence-corrected chi connectivity index (χ3v) is 5.97. The fourth-order valence-electron chi connectivity index (χ4n) is 2.33. The monoisotopic (exact) mass is 537 g/mol. The number of anilines is 1. The minimum atomic E-state index is -0.813. The van der Waals surface area contributed by atoms with E-state index in [2.05, 4.69) is 15.6 Å². The average molecular weight is 540 g/mol. The zero-order chi connectivity index (χ0) is 22.7. The molecular formula is C19H9Cl6N3O3. The number of halogens is 6. The molecule has 3 rings (SSSR count). The Morgan fingerprint density at radius 1 is 0.839 bits per heavy atom. The lowest BCUT2D eigenvalue weighted by molar-refractivity contribution is 0.0967. The first-order valence-electron chi connectivity index (χ1n) is 8.21. The van der Waals surface area contributed by atoms with Crippen LogP contribution >= 0.6 is 69.6 Å². The van der Waals surface area contributed by atoms with Crippen LogP contribution < -0.4 is 15.4 Å². The highest BCUT2D eigenvalue weighted by Gasteiger charge is 2.18. The molecule has 1 heterocycles. The molecule has 0 aliphatic heterocycles. The van der Waals surface area contributed by atoms with Crippen molar-refractivity contribution in [1.82, 2.24) is 10.3 Å². The average Bonchev–Trinajstić information content (AvgIpc) is 2.70. The number of benzene rings is 2. The molecule has 6 nitrogen and oxygen atoms in total. The Hall–Kier alpha value is -1.93. The van der Waals surface area contributed by atoms with Gasteiger partial charge in [-0.2, -0.15) is 4.98 Å². The zero-order valence-electron chi connectivity index (χ0n) is 15.0. The van der Waals surface area contributed by atoms with Gasteiger partial charge >= 0.3 is 6.03 Å². The third kappa shape index (κ3) is 5.66. The van der Waals surface area contributed by atoms with E-state index in [0.29, 0.717) is 5.69 Å². The Labute approximate surface area is 206 Å². The van der Waals surface area contributed by atoms with E-state index in [1.165, 1.54) is 18.2 Å². The van der Waals surface area contributed by atoms with Gasteiger partial charge < -0.3 is 10.1 Å². The first-order valence-corrected chi connectivity index (χ1v) is 10.5. The van der Waals surface area contributed by atoms with Crippen LogP contribution in [0.5, 0.6) is 11.6 Å². The van der Waals surface area contributed by atoms with Crippen LogP contribution in [0.15, 0.2) is 42.5 Å². The Bertz CT molecular complexity index is 1170. The van der Waals surface area contributed by atoms with Gasteiger partial charge in [-0.15, -0.1) is 0 Å². The number of hydrogen-bond acceptors (Lipinski definition) is 4. The smallest absolute Gasteiger partial charge is 0.326 e. The van der Waals surface area contributed by atoms with Crippen LogP contribution in [-0.4, -0.2) is 16.9 Å². The molecule has 0 unspecified atom stereocenters. The summed E-state index contributed by atoms with van der Waals surface area (Å²) in [5.74, 6) is -0.588. The van der Waals surface area contributed by atoms with E-state index < -0.39 is 11.9 Å². The molecule has 0 fully saturated rings. The number of amides is 3. The van der Waals surface area contributed by atoms with E-state index in [4.69, 9.17) is 74.3 Å². The topological polar surface area (TPSA) is 80.3 Å². The first-order chi connectivity index (χ1) is 14.7. The van der Waals surface area contributed by atoms with Gasteiger partial charge in [-0.25, -0.2) is 4.79 Å². The van der Waals surface area contributed by atoms with Gasteiger partial charge in [0.05, 0.1) is 25.7 Å². The molecule has 1 aromatic heterocycles. The summed E-state index contributed by atoms with van der Waals surface area (Å²) in [6.07, 6.45) is 0. The van der Waals surface area contributed by atoms with Crippen molar-refractivity contribution in [1.29, 1.82) is 0 Å². The normalized spacial score (nSPS) is 10.5. The van der Waals surface area contributed by atoms with Gasteiger partial charge in [0.15, 0.2) is 5.15 Å². The second-order valence-corrected chi connectivity index (χ2v) is 8.09. The SMILES string of the molecule is O=C(NC(=O)c1c(Cl)cccc1Cl)Nc1cccc(Oc2nc(Cl)c(Cl)c(Cl)c2Cl)c1. The van der Waals surface area contributed by atoms with Crippen LogP contribution in [0.4, 0.5) is 10.5 Å². The molecule has 0 aliphatic rings. The number of nitrogens with zero attached hydrogens (tertiary/aromatic N) is 1. The van der Waals surface area contributed by atoms with Gasteiger partial charge in [0.2, 0.25) is 5.88 Å². The van der Waals surface area contributed by atoms with Crippen LogP contribution in [-0.2, 0) is 0 Å². The number of rotatable bonds is 4. The molecular weight excluding hydrogens is 531 g/mol. The second-order valence-electron chi connectivity index (χ2n) is 5.78. The number of ether oxygens (including phenoxy) is 1. The highest BCUT2D eigenvalue weighted by atomic mass is 35.5. The van der Waals surface area contributed by atoms with Crippen LogP contribution in [0, 0.1) is 0 Å². The van der Waals surface area contributed by atoms with Crippen molar-refractivity contribution in [3.8, 4) is 11.6 Å². The number of carbonyl (C=O) groups excluding carboxylic acids is 2. The molecule has 2 aromatic carbocycles. The maximum absolute atomic E-state index is 12.3. The minimum Gasteiger partial charge on any atom is -0.437 e. The van der Waals surface area contributed by atoms with Crippen molar-refractivity contribution in [2.45, 2.75) is 0 Å². The molecule has 0 saturated heterocycles. The van der Waals surface area contributed by atoms with Crippen molar-refractivity contribution < 1.29 is 14.3 Å². The predicted molar refractivity (Wildman–Crippen MR) is 124 cm³/mol.